The highest BCUT2D eigenvalue weighted by Gasteiger charge is 2.24. The molecule has 0 saturated carbocycles. The first-order valence-corrected chi connectivity index (χ1v) is 25.8. The third kappa shape index (κ3) is 11.9. The summed E-state index contributed by atoms with van der Waals surface area (Å²) >= 11 is 0. The van der Waals surface area contributed by atoms with Crippen molar-refractivity contribution in [2.24, 2.45) is 49.3 Å². The second-order valence-electron chi connectivity index (χ2n) is 20.2. The molecule has 0 aliphatic heterocycles. The number of aryl methyl sites for hydroxylation is 7. The molecular weight excluding hydrogens is 1020 g/mol. The van der Waals surface area contributed by atoms with Crippen LogP contribution in [0.4, 0.5) is 11.4 Å². The summed E-state index contributed by atoms with van der Waals surface area (Å²) in [4.78, 5) is 122. The molecule has 0 spiro atoms. The van der Waals surface area contributed by atoms with Crippen LogP contribution in [0.15, 0.2) is 98.1 Å². The summed E-state index contributed by atoms with van der Waals surface area (Å²) in [6.45, 7) is 1.94. The Labute approximate surface area is 458 Å². The van der Waals surface area contributed by atoms with E-state index in [0.717, 1.165) is 5.56 Å². The van der Waals surface area contributed by atoms with Crippen LogP contribution in [0.5, 0.6) is 0 Å². The highest BCUT2D eigenvalue weighted by molar-refractivity contribution is 6.05. The Hall–Kier alpha value is -9.77. The monoisotopic (exact) mass is 1080 g/mol. The third-order valence-corrected chi connectivity index (χ3v) is 14.0. The number of hydrogen-bond donors (Lipinski definition) is 5. The van der Waals surface area contributed by atoms with E-state index in [1.807, 2.05) is 7.05 Å². The molecule has 9 heterocycles. The van der Waals surface area contributed by atoms with Crippen LogP contribution >= 0.6 is 0 Å². The molecule has 0 aromatic carbocycles. The van der Waals surface area contributed by atoms with Gasteiger partial charge in [-0.3, -0.25) is 38.4 Å². The largest absolute Gasteiger partial charge is 0.351 e. The van der Waals surface area contributed by atoms with Gasteiger partial charge in [0.15, 0.2) is 46.2 Å². The van der Waals surface area contributed by atoms with Crippen molar-refractivity contribution in [1.29, 1.82) is 0 Å². The van der Waals surface area contributed by atoms with Gasteiger partial charge in [-0.05, 0) is 70.8 Å². The fraction of sp³-hybridized carbons (Fsp3) is 0.281. The maximum absolute atomic E-state index is 13.6. The van der Waals surface area contributed by atoms with Crippen LogP contribution in [0.25, 0.3) is 22.7 Å². The summed E-state index contributed by atoms with van der Waals surface area (Å²) in [5.41, 5.74) is 11.4. The number of amides is 3. The highest BCUT2D eigenvalue weighted by Crippen LogP contribution is 2.26. The average molecular weight is 1090 g/mol. The zero-order chi connectivity index (χ0) is 57.3. The van der Waals surface area contributed by atoms with Gasteiger partial charge in [0.05, 0.1) is 45.4 Å². The lowest BCUT2D eigenvalue weighted by molar-refractivity contribution is -0.404. The molecule has 9 aromatic rings. The number of nitrogens with zero attached hydrogens (tertiary/aromatic N) is 10. The van der Waals surface area contributed by atoms with Crippen LogP contribution in [-0.4, -0.2) is 111 Å². The SMILES string of the molecule is CCC(=O)c1cc(CC(=O)c2cc(CC(=O)c3cc(CC(=O)c4cc(CC(=O)[C@H]([NH3+])CCNC(=O)c5cc(NC(=O)c6ccc7[nH]c(-c8cc(NC(=O)c9nccn9C)cn8C)nc7n6)cn5C)cn4C)cn3C)cn2C)cn1C. The molecular formula is C57H62N15O8+. The van der Waals surface area contributed by atoms with Crippen LogP contribution in [0.1, 0.15) is 116 Å². The fourth-order valence-electron chi connectivity index (χ4n) is 9.83. The molecule has 0 unspecified atom stereocenters. The van der Waals surface area contributed by atoms with Gasteiger partial charge in [0, 0.05) is 144 Å². The standard InChI is InChI=1S/C57H61N15O8/c1-9-47(73)41-16-33(27-67(41)3)21-49(75)43-18-35(29-69(43)5)23-51(77)44-19-34(28-70(44)6)22-50(76)42-17-32(26-68(42)4)20-48(74)38(58)12-13-60-56(79)46-25-37(31-72(46)8)61-55(78)40-11-10-39-52(64-40)65-53(63-39)45-24-36(30-71(45)7)62-57(80)54-59-14-15-66(54)2/h10-11,14-19,24-31,38H,9,12-13,20-23,58H2,1-8H3,(H,60,79)(H,61,78)(H,62,80)(H,63,64,65)/p+1/t38-/m1/s1. The number of carbonyl (C=O) groups is 8. The van der Waals surface area contributed by atoms with E-state index < -0.39 is 17.9 Å². The van der Waals surface area contributed by atoms with Gasteiger partial charge in [-0.1, -0.05) is 6.92 Å². The summed E-state index contributed by atoms with van der Waals surface area (Å²) in [5.74, 6) is -1.25. The Morgan fingerprint density at radius 1 is 0.550 bits per heavy atom. The van der Waals surface area contributed by atoms with Crippen molar-refractivity contribution in [1.82, 2.24) is 57.2 Å². The number of aromatic nitrogens is 11. The molecule has 1 atom stereocenters. The summed E-state index contributed by atoms with van der Waals surface area (Å²) in [5, 5.41) is 8.47. The molecule has 23 heteroatoms. The zero-order valence-corrected chi connectivity index (χ0v) is 45.7. The number of nitrogens with one attached hydrogen (secondary N) is 4. The number of hydrogen-bond acceptors (Lipinski definition) is 11. The minimum Gasteiger partial charge on any atom is -0.351 e. The van der Waals surface area contributed by atoms with Crippen LogP contribution in [-0.2, 0) is 79.8 Å². The van der Waals surface area contributed by atoms with Crippen molar-refractivity contribution < 1.29 is 44.1 Å². The van der Waals surface area contributed by atoms with Crippen molar-refractivity contribution in [2.45, 2.75) is 51.5 Å². The Morgan fingerprint density at radius 2 is 1.05 bits per heavy atom. The molecule has 0 saturated heterocycles. The highest BCUT2D eigenvalue weighted by atomic mass is 16.2. The summed E-state index contributed by atoms with van der Waals surface area (Å²) < 4.78 is 11.8. The van der Waals surface area contributed by atoms with Crippen molar-refractivity contribution in [3.8, 4) is 11.5 Å². The van der Waals surface area contributed by atoms with E-state index in [2.05, 4.69) is 41.6 Å². The van der Waals surface area contributed by atoms with Gasteiger partial charge in [-0.2, -0.15) is 0 Å². The van der Waals surface area contributed by atoms with Crippen LogP contribution in [0, 0.1) is 0 Å². The van der Waals surface area contributed by atoms with E-state index in [0.29, 0.717) is 79.9 Å². The minimum absolute atomic E-state index is 0.000605. The normalized spacial score (nSPS) is 11.8. The molecule has 0 aliphatic rings. The Balaban J connectivity index is 0.728. The maximum atomic E-state index is 13.6. The van der Waals surface area contributed by atoms with Gasteiger partial charge in [0.1, 0.15) is 17.4 Å². The predicted molar refractivity (Wildman–Crippen MR) is 296 cm³/mol. The quantitative estimate of drug-likeness (QED) is 0.0563. The van der Waals surface area contributed by atoms with Gasteiger partial charge in [-0.25, -0.2) is 15.0 Å². The van der Waals surface area contributed by atoms with Crippen molar-refractivity contribution >= 4 is 69.2 Å². The maximum Gasteiger partial charge on any atom is 0.291 e. The molecule has 0 radical (unpaired) electrons. The Morgan fingerprint density at radius 3 is 1.59 bits per heavy atom. The van der Waals surface area contributed by atoms with E-state index in [-0.39, 0.29) is 90.7 Å². The second-order valence-corrected chi connectivity index (χ2v) is 20.2. The number of quaternary nitrogens is 1. The van der Waals surface area contributed by atoms with Crippen molar-refractivity contribution in [2.75, 3.05) is 17.2 Å². The van der Waals surface area contributed by atoms with Crippen LogP contribution in [0.3, 0.4) is 0 Å². The van der Waals surface area contributed by atoms with Gasteiger partial charge >= 0.3 is 0 Å². The van der Waals surface area contributed by atoms with Crippen LogP contribution < -0.4 is 21.7 Å². The number of fused-ring (bicyclic) bond motifs is 1. The first-order chi connectivity index (χ1) is 38.1. The smallest absolute Gasteiger partial charge is 0.291 e. The molecule has 3 amide bonds. The molecule has 9 rings (SSSR count). The van der Waals surface area contributed by atoms with E-state index in [4.69, 9.17) is 0 Å². The van der Waals surface area contributed by atoms with Gasteiger partial charge in [0.2, 0.25) is 0 Å². The topological polar surface area (TPSA) is 289 Å². The fourth-order valence-corrected chi connectivity index (χ4v) is 9.83. The number of H-pyrrole nitrogens is 1. The molecule has 23 nitrogen and oxygen atoms in total. The minimum atomic E-state index is -0.659. The van der Waals surface area contributed by atoms with Gasteiger partial charge in [-0.15, -0.1) is 0 Å². The Bertz CT molecular complexity index is 3940. The molecule has 0 fully saturated rings. The predicted octanol–water partition coefficient (Wildman–Crippen LogP) is 4.31. The molecule has 80 heavy (non-hydrogen) atoms. The van der Waals surface area contributed by atoms with Crippen LogP contribution in [0.2, 0.25) is 0 Å². The molecule has 0 bridgehead atoms. The Kier molecular flexibility index (Phi) is 15.6. The first kappa shape index (κ1) is 55.0. The molecule has 412 valence electrons. The van der Waals surface area contributed by atoms with E-state index in [1.54, 1.807) is 173 Å². The molecule has 9 aromatic heterocycles. The molecule has 7 N–H and O–H groups in total. The molecule has 0 aliphatic carbocycles. The zero-order valence-electron chi connectivity index (χ0n) is 45.7. The second kappa shape index (κ2) is 22.7. The number of carbonyl (C=O) groups excluding carboxylic acids is 8. The summed E-state index contributed by atoms with van der Waals surface area (Å²) in [6, 6.07) is 12.7. The lowest BCUT2D eigenvalue weighted by Gasteiger charge is -2.09. The number of pyridine rings is 1. The average Bonchev–Trinajstić information content (AvgIpc) is 4.33. The van der Waals surface area contributed by atoms with E-state index in [1.165, 1.54) is 6.07 Å². The van der Waals surface area contributed by atoms with E-state index >= 15 is 0 Å². The number of imidazole rings is 2. The lowest BCUT2D eigenvalue weighted by Crippen LogP contribution is -2.65. The first-order valence-electron chi connectivity index (χ1n) is 25.8. The summed E-state index contributed by atoms with van der Waals surface area (Å²) in [6.07, 6.45) is 14.4. The van der Waals surface area contributed by atoms with E-state index in [9.17, 15) is 38.4 Å². The lowest BCUT2D eigenvalue weighted by atomic mass is 10.0. The van der Waals surface area contributed by atoms with Gasteiger partial charge in [0.25, 0.3) is 17.7 Å². The number of aromatic amines is 1. The number of ketones is 5. The van der Waals surface area contributed by atoms with Crippen molar-refractivity contribution in [3.05, 3.63) is 160 Å². The number of Topliss-reactive ketones (excluding diaryl/α,β-unsaturated/α-hetero) is 5. The number of rotatable bonds is 23. The van der Waals surface area contributed by atoms with Gasteiger partial charge < -0.3 is 58.6 Å². The van der Waals surface area contributed by atoms with Crippen molar-refractivity contribution in [3.63, 3.8) is 0 Å². The number of anilines is 2. The summed E-state index contributed by atoms with van der Waals surface area (Å²) in [7, 11) is 12.2. The third-order valence-electron chi connectivity index (χ3n) is 14.0.